The van der Waals surface area contributed by atoms with E-state index < -0.39 is 0 Å². The van der Waals surface area contributed by atoms with Crippen molar-refractivity contribution in [1.29, 1.82) is 0 Å². The maximum absolute atomic E-state index is 3.72. The van der Waals surface area contributed by atoms with Crippen LogP contribution in [0.25, 0.3) is 0 Å². The van der Waals surface area contributed by atoms with Crippen molar-refractivity contribution in [2.75, 3.05) is 36.8 Å². The minimum Gasteiger partial charge on any atom is -1.00 e. The van der Waals surface area contributed by atoms with Gasteiger partial charge in [-0.15, -0.1) is 0 Å². The second kappa shape index (κ2) is 17.6. The van der Waals surface area contributed by atoms with Gasteiger partial charge < -0.3 is 40.8 Å². The Labute approximate surface area is 235 Å². The Balaban J connectivity index is 0. The van der Waals surface area contributed by atoms with Gasteiger partial charge in [-0.05, 0) is 45.9 Å². The van der Waals surface area contributed by atoms with E-state index in [9.17, 15) is 0 Å². The topological polar surface area (TPSA) is 36.1 Å². The average Bonchev–Trinajstić information content (AvgIpc) is 2.72. The predicted molar refractivity (Wildman–Crippen MR) is 139 cm³/mol. The second-order valence-corrected chi connectivity index (χ2v) is 9.85. The maximum atomic E-state index is 3.72. The molecule has 2 aromatic carbocycles. The van der Waals surface area contributed by atoms with Crippen molar-refractivity contribution in [2.24, 2.45) is 0 Å². The molecule has 3 nitrogen and oxygen atoms in total. The maximum Gasteiger partial charge on any atom is 2.00 e. The average molecular weight is 681 g/mol. The normalized spacial score (nSPS) is 10.7. The molecule has 0 aliphatic carbocycles. The van der Waals surface area contributed by atoms with Gasteiger partial charge in [-0.25, -0.2) is 0 Å². The molecule has 193 valence electrons. The van der Waals surface area contributed by atoms with E-state index in [1.807, 2.05) is 0 Å². The Kier molecular flexibility index (Phi) is 18.4. The van der Waals surface area contributed by atoms with Crippen LogP contribution < -0.4 is 40.8 Å². The zero-order valence-electron chi connectivity index (χ0n) is 22.2. The first-order valence-electron chi connectivity index (χ1n) is 12.2. The Bertz CT molecular complexity index is 703. The number of halogens is 2. The fourth-order valence-electron chi connectivity index (χ4n) is 4.19. The minimum absolute atomic E-state index is 0. The van der Waals surface area contributed by atoms with Crippen LogP contribution in [0, 0.1) is 0 Å². The Morgan fingerprint density at radius 2 is 0.765 bits per heavy atom. The van der Waals surface area contributed by atoms with Crippen molar-refractivity contribution in [2.45, 2.75) is 79.1 Å². The minimum atomic E-state index is 0. The summed E-state index contributed by atoms with van der Waals surface area (Å²) in [5.74, 6) is 2.09. The molecule has 0 atom stereocenters. The van der Waals surface area contributed by atoms with E-state index in [1.165, 1.54) is 33.6 Å². The predicted octanol–water partition coefficient (Wildman–Crippen LogP) is 1.30. The third kappa shape index (κ3) is 10.1. The van der Waals surface area contributed by atoms with E-state index in [0.717, 1.165) is 26.2 Å². The van der Waals surface area contributed by atoms with Crippen molar-refractivity contribution in [3.8, 4) is 0 Å². The molecule has 0 saturated carbocycles. The number of hydrogen-bond acceptors (Lipinski definition) is 3. The van der Waals surface area contributed by atoms with E-state index in [4.69, 9.17) is 0 Å². The standard InChI is InChI=1S/C28H45N3.2ClH.Re/c1-19(2)23-11-9-12-24(20(3)4)27(23)30-17-15-29-16-18-31-28-25(21(5)6)13-10-14-26(28)22(7)8;;;/h9-14,19-22,29-31H,15-18H2,1-8H3;2*1H;/q;;;+2/p-2. The smallest absolute Gasteiger partial charge is 1.00 e. The Morgan fingerprint density at radius 3 is 1.00 bits per heavy atom. The summed E-state index contributed by atoms with van der Waals surface area (Å²) in [6.07, 6.45) is 0. The summed E-state index contributed by atoms with van der Waals surface area (Å²) in [5, 5.41) is 11.0. The Morgan fingerprint density at radius 1 is 0.500 bits per heavy atom. The molecule has 6 heteroatoms. The molecule has 0 spiro atoms. The SMILES string of the molecule is CC(C)c1cccc(C(C)C)c1NCCNCCNc1c(C(C)C)cccc1C(C)C.[Cl-].[Cl-].[Re+2]. The first-order valence-corrected chi connectivity index (χ1v) is 12.2. The van der Waals surface area contributed by atoms with Gasteiger partial charge in [0.1, 0.15) is 0 Å². The van der Waals surface area contributed by atoms with Crippen molar-refractivity contribution in [3.05, 3.63) is 58.7 Å². The van der Waals surface area contributed by atoms with Gasteiger partial charge >= 0.3 is 20.4 Å². The fraction of sp³-hybridized carbons (Fsp3) is 0.571. The monoisotopic (exact) mass is 680 g/mol. The largest absolute Gasteiger partial charge is 2.00 e. The Hall–Kier alpha value is -0.758. The molecule has 3 N–H and O–H groups in total. The number of nitrogens with one attached hydrogen (secondary N) is 3. The first kappa shape index (κ1) is 35.4. The molecule has 34 heavy (non-hydrogen) atoms. The molecule has 2 rings (SSSR count). The number of benzene rings is 2. The van der Waals surface area contributed by atoms with Gasteiger partial charge in [0, 0.05) is 37.6 Å². The molecule has 0 amide bonds. The van der Waals surface area contributed by atoms with E-state index in [0.29, 0.717) is 23.7 Å². The summed E-state index contributed by atoms with van der Waals surface area (Å²) in [4.78, 5) is 0. The van der Waals surface area contributed by atoms with Gasteiger partial charge in [-0.3, -0.25) is 0 Å². The molecular weight excluding hydrogens is 635 g/mol. The molecule has 0 aliphatic rings. The van der Waals surface area contributed by atoms with Gasteiger partial charge in [-0.1, -0.05) is 91.8 Å². The summed E-state index contributed by atoms with van der Waals surface area (Å²) < 4.78 is 0. The van der Waals surface area contributed by atoms with Gasteiger partial charge in [0.15, 0.2) is 0 Å². The molecular formula is C28H45Cl2N3Re. The fourth-order valence-corrected chi connectivity index (χ4v) is 4.19. The molecule has 1 radical (unpaired) electrons. The van der Waals surface area contributed by atoms with Crippen LogP contribution in [0.15, 0.2) is 36.4 Å². The molecule has 2 aromatic rings. The molecule has 0 bridgehead atoms. The third-order valence-corrected chi connectivity index (χ3v) is 5.95. The molecule has 0 aliphatic heterocycles. The van der Waals surface area contributed by atoms with Crippen LogP contribution in [-0.4, -0.2) is 26.2 Å². The zero-order chi connectivity index (χ0) is 23.0. The van der Waals surface area contributed by atoms with Crippen LogP contribution in [0.2, 0.25) is 0 Å². The van der Waals surface area contributed by atoms with Gasteiger partial charge in [0.05, 0.1) is 0 Å². The van der Waals surface area contributed by atoms with E-state index in [2.05, 4.69) is 108 Å². The third-order valence-electron chi connectivity index (χ3n) is 5.95. The molecule has 0 unspecified atom stereocenters. The summed E-state index contributed by atoms with van der Waals surface area (Å²) >= 11 is 0. The van der Waals surface area contributed by atoms with E-state index >= 15 is 0 Å². The van der Waals surface area contributed by atoms with Crippen LogP contribution in [0.1, 0.15) is 101 Å². The zero-order valence-corrected chi connectivity index (χ0v) is 26.5. The number of para-hydroxylation sites is 2. The number of anilines is 2. The molecule has 0 aromatic heterocycles. The van der Waals surface area contributed by atoms with Crippen LogP contribution in [0.5, 0.6) is 0 Å². The van der Waals surface area contributed by atoms with Crippen molar-refractivity contribution < 1.29 is 45.2 Å². The second-order valence-electron chi connectivity index (χ2n) is 9.85. The van der Waals surface area contributed by atoms with Crippen LogP contribution in [0.4, 0.5) is 11.4 Å². The molecule has 0 fully saturated rings. The van der Waals surface area contributed by atoms with Gasteiger partial charge in [0.2, 0.25) is 0 Å². The summed E-state index contributed by atoms with van der Waals surface area (Å²) in [6, 6.07) is 13.4. The summed E-state index contributed by atoms with van der Waals surface area (Å²) in [6.45, 7) is 22.0. The molecule has 0 saturated heterocycles. The number of rotatable bonds is 12. The summed E-state index contributed by atoms with van der Waals surface area (Å²) in [5.41, 5.74) is 8.33. The van der Waals surface area contributed by atoms with Crippen LogP contribution >= 0.6 is 0 Å². The van der Waals surface area contributed by atoms with Gasteiger partial charge in [0.25, 0.3) is 0 Å². The summed E-state index contributed by atoms with van der Waals surface area (Å²) in [7, 11) is 0. The van der Waals surface area contributed by atoms with Crippen molar-refractivity contribution in [1.82, 2.24) is 5.32 Å². The molecule has 0 heterocycles. The van der Waals surface area contributed by atoms with Gasteiger partial charge in [-0.2, -0.15) is 0 Å². The first-order chi connectivity index (χ1) is 14.7. The van der Waals surface area contributed by atoms with Crippen molar-refractivity contribution >= 4 is 11.4 Å². The van der Waals surface area contributed by atoms with Crippen LogP contribution in [0.3, 0.4) is 0 Å². The quantitative estimate of drug-likeness (QED) is 0.296. The van der Waals surface area contributed by atoms with Crippen molar-refractivity contribution in [3.63, 3.8) is 0 Å². The van der Waals surface area contributed by atoms with E-state index in [1.54, 1.807) is 0 Å². The number of hydrogen-bond donors (Lipinski definition) is 3. The van der Waals surface area contributed by atoms with E-state index in [-0.39, 0.29) is 45.2 Å². The van der Waals surface area contributed by atoms with Crippen LogP contribution in [-0.2, 0) is 20.4 Å².